The molecule has 0 bridgehead atoms. The third-order valence-electron chi connectivity index (χ3n) is 3.58. The van der Waals surface area contributed by atoms with Gasteiger partial charge in [-0.25, -0.2) is 9.97 Å². The number of hydrogen-bond donors (Lipinski definition) is 1. The summed E-state index contributed by atoms with van der Waals surface area (Å²) in [5.74, 6) is 0.680. The van der Waals surface area contributed by atoms with Gasteiger partial charge in [0, 0.05) is 17.8 Å². The van der Waals surface area contributed by atoms with Crippen LogP contribution in [-0.4, -0.2) is 47.4 Å². The van der Waals surface area contributed by atoms with Gasteiger partial charge in [0.1, 0.15) is 11.4 Å². The Morgan fingerprint density at radius 3 is 2.86 bits per heavy atom. The second-order valence-corrected chi connectivity index (χ2v) is 6.26. The molecule has 10 nitrogen and oxygen atoms in total. The Kier molecular flexibility index (Phi) is 4.97. The summed E-state index contributed by atoms with van der Waals surface area (Å²) in [7, 11) is 0. The Morgan fingerprint density at radius 2 is 2.11 bits per heavy atom. The van der Waals surface area contributed by atoms with E-state index in [1.54, 1.807) is 6.20 Å². The van der Waals surface area contributed by atoms with Gasteiger partial charge in [-0.3, -0.25) is 20.1 Å². The molecule has 140 valence electrons. The molecule has 0 aliphatic heterocycles. The average molecular weight is 394 g/mol. The zero-order valence-electron chi connectivity index (χ0n) is 14.7. The van der Waals surface area contributed by atoms with Gasteiger partial charge < -0.3 is 4.74 Å². The molecule has 0 aromatic carbocycles. The smallest absolute Gasteiger partial charge is 0.277 e. The molecule has 0 unspecified atom stereocenters. The maximum Gasteiger partial charge on any atom is 0.277 e. The Bertz CT molecular complexity index is 1080. The molecule has 4 heterocycles. The van der Waals surface area contributed by atoms with E-state index in [9.17, 15) is 4.79 Å². The number of thiazole rings is 1. The van der Waals surface area contributed by atoms with Crippen LogP contribution in [0.1, 0.15) is 17.4 Å². The Hall–Kier alpha value is -3.73. The molecule has 1 amide bonds. The number of rotatable bonds is 6. The summed E-state index contributed by atoms with van der Waals surface area (Å²) >= 11 is 1.29. The topological polar surface area (TPSA) is 121 Å². The van der Waals surface area contributed by atoms with E-state index < -0.39 is 5.91 Å². The molecule has 28 heavy (non-hydrogen) atoms. The number of carbonyl (C=O) groups excluding carboxylic acids is 1. The molecular formula is C17H14N8O2S. The van der Waals surface area contributed by atoms with Crippen LogP contribution in [0.3, 0.4) is 0 Å². The summed E-state index contributed by atoms with van der Waals surface area (Å²) < 4.78 is 6.69. The molecule has 4 rings (SSSR count). The van der Waals surface area contributed by atoms with Gasteiger partial charge in [-0.15, -0.1) is 16.4 Å². The SMILES string of the molecule is CCOc1ccc(-c2csc(NC(=O)c3cnnn3-c3cnccn3)n2)nc1. The van der Waals surface area contributed by atoms with Gasteiger partial charge in [-0.05, 0) is 19.1 Å². The van der Waals surface area contributed by atoms with Crippen molar-refractivity contribution in [2.45, 2.75) is 6.92 Å². The van der Waals surface area contributed by atoms with Gasteiger partial charge in [0.15, 0.2) is 16.6 Å². The van der Waals surface area contributed by atoms with Crippen LogP contribution < -0.4 is 10.1 Å². The minimum absolute atomic E-state index is 0.219. The lowest BCUT2D eigenvalue weighted by Crippen LogP contribution is -2.17. The molecule has 4 aromatic rings. The average Bonchev–Trinajstić information content (AvgIpc) is 3.39. The Labute approximate surface area is 163 Å². The molecule has 0 saturated carbocycles. The van der Waals surface area contributed by atoms with Crippen LogP contribution in [0.15, 0.2) is 48.5 Å². The first kappa shape index (κ1) is 17.7. The number of nitrogens with one attached hydrogen (secondary N) is 1. The molecule has 11 heteroatoms. The molecule has 0 aliphatic rings. The van der Waals surface area contributed by atoms with Gasteiger partial charge in [-0.1, -0.05) is 5.21 Å². The number of carbonyl (C=O) groups is 1. The quantitative estimate of drug-likeness (QED) is 0.528. The maximum absolute atomic E-state index is 12.6. The van der Waals surface area contributed by atoms with E-state index in [1.807, 2.05) is 24.4 Å². The highest BCUT2D eigenvalue weighted by atomic mass is 32.1. The van der Waals surface area contributed by atoms with E-state index in [4.69, 9.17) is 4.74 Å². The fraction of sp³-hybridized carbons (Fsp3) is 0.118. The van der Waals surface area contributed by atoms with Gasteiger partial charge >= 0.3 is 0 Å². The molecule has 1 N–H and O–H groups in total. The fourth-order valence-corrected chi connectivity index (χ4v) is 3.05. The molecule has 0 atom stereocenters. The molecule has 0 fully saturated rings. The van der Waals surface area contributed by atoms with Crippen molar-refractivity contribution >= 4 is 22.4 Å². The molecule has 0 radical (unpaired) electrons. The number of anilines is 1. The summed E-state index contributed by atoms with van der Waals surface area (Å²) in [6.45, 7) is 2.49. The molecule has 4 aromatic heterocycles. The van der Waals surface area contributed by atoms with E-state index in [-0.39, 0.29) is 5.69 Å². The number of hydrogen-bond acceptors (Lipinski definition) is 9. The van der Waals surface area contributed by atoms with Crippen molar-refractivity contribution in [2.24, 2.45) is 0 Å². The van der Waals surface area contributed by atoms with Gasteiger partial charge in [0.25, 0.3) is 5.91 Å². The zero-order chi connectivity index (χ0) is 19.3. The summed E-state index contributed by atoms with van der Waals surface area (Å²) in [5.41, 5.74) is 1.56. The molecule has 0 spiro atoms. The van der Waals surface area contributed by atoms with Crippen molar-refractivity contribution in [2.75, 3.05) is 11.9 Å². The van der Waals surface area contributed by atoms with Crippen LogP contribution in [0, 0.1) is 0 Å². The third kappa shape index (κ3) is 3.69. The second-order valence-electron chi connectivity index (χ2n) is 5.40. The van der Waals surface area contributed by atoms with E-state index in [1.165, 1.54) is 40.8 Å². The van der Waals surface area contributed by atoms with Crippen LogP contribution in [0.4, 0.5) is 5.13 Å². The first-order chi connectivity index (χ1) is 13.7. The highest BCUT2D eigenvalue weighted by molar-refractivity contribution is 7.14. The maximum atomic E-state index is 12.6. The van der Waals surface area contributed by atoms with Crippen molar-refractivity contribution in [1.29, 1.82) is 0 Å². The van der Waals surface area contributed by atoms with Crippen LogP contribution in [0.25, 0.3) is 17.2 Å². The number of ether oxygens (including phenoxy) is 1. The van der Waals surface area contributed by atoms with E-state index in [2.05, 4.69) is 35.6 Å². The Morgan fingerprint density at radius 1 is 1.18 bits per heavy atom. The highest BCUT2D eigenvalue weighted by Crippen LogP contribution is 2.25. The van der Waals surface area contributed by atoms with Crippen molar-refractivity contribution in [3.8, 4) is 23.0 Å². The van der Waals surface area contributed by atoms with Crippen LogP contribution in [0.5, 0.6) is 5.75 Å². The lowest BCUT2D eigenvalue weighted by atomic mass is 10.3. The second kappa shape index (κ2) is 7.88. The summed E-state index contributed by atoms with van der Waals surface area (Å²) in [4.78, 5) is 29.4. The molecule has 0 saturated heterocycles. The lowest BCUT2D eigenvalue weighted by molar-refractivity contribution is 0.101. The minimum Gasteiger partial charge on any atom is -0.492 e. The van der Waals surface area contributed by atoms with Crippen molar-refractivity contribution in [3.63, 3.8) is 0 Å². The summed E-state index contributed by atoms with van der Waals surface area (Å²) in [6, 6.07) is 3.65. The van der Waals surface area contributed by atoms with Crippen molar-refractivity contribution in [1.82, 2.24) is 34.9 Å². The first-order valence-corrected chi connectivity index (χ1v) is 9.15. The van der Waals surface area contributed by atoms with E-state index in [0.717, 1.165) is 0 Å². The molecule has 0 aliphatic carbocycles. The van der Waals surface area contributed by atoms with Crippen molar-refractivity contribution in [3.05, 3.63) is 54.2 Å². The summed E-state index contributed by atoms with van der Waals surface area (Å²) in [6.07, 6.45) is 7.53. The first-order valence-electron chi connectivity index (χ1n) is 8.28. The number of nitrogens with zero attached hydrogens (tertiary/aromatic N) is 7. The third-order valence-corrected chi connectivity index (χ3v) is 4.34. The highest BCUT2D eigenvalue weighted by Gasteiger charge is 2.17. The zero-order valence-corrected chi connectivity index (χ0v) is 15.5. The van der Waals surface area contributed by atoms with Gasteiger partial charge in [-0.2, -0.15) is 4.68 Å². The van der Waals surface area contributed by atoms with Gasteiger partial charge in [0.05, 0.1) is 30.9 Å². The number of pyridine rings is 1. The summed E-state index contributed by atoms with van der Waals surface area (Å²) in [5, 5.41) is 12.7. The van der Waals surface area contributed by atoms with Crippen molar-refractivity contribution < 1.29 is 9.53 Å². The molecular weight excluding hydrogens is 380 g/mol. The predicted molar refractivity (Wildman–Crippen MR) is 101 cm³/mol. The fourth-order valence-electron chi connectivity index (χ4n) is 2.35. The predicted octanol–water partition coefficient (Wildman–Crippen LogP) is 2.23. The Balaban J connectivity index is 1.50. The van der Waals surface area contributed by atoms with Gasteiger partial charge in [0.2, 0.25) is 0 Å². The monoisotopic (exact) mass is 394 g/mol. The standard InChI is InChI=1S/C17H14N8O2S/c1-2-27-11-3-4-12(20-7-11)13-10-28-17(22-13)23-16(26)14-8-21-24-25(14)15-9-18-5-6-19-15/h3-10H,2H2,1H3,(H,22,23,26). The normalized spacial score (nSPS) is 10.6. The number of aromatic nitrogens is 7. The largest absolute Gasteiger partial charge is 0.492 e. The van der Waals surface area contributed by atoms with E-state index >= 15 is 0 Å². The van der Waals surface area contributed by atoms with Crippen LogP contribution in [-0.2, 0) is 0 Å². The minimum atomic E-state index is -0.406. The number of amides is 1. The lowest BCUT2D eigenvalue weighted by Gasteiger charge is -2.04. The van der Waals surface area contributed by atoms with E-state index in [0.29, 0.717) is 34.7 Å². The van der Waals surface area contributed by atoms with Crippen LogP contribution >= 0.6 is 11.3 Å². The van der Waals surface area contributed by atoms with Crippen LogP contribution in [0.2, 0.25) is 0 Å².